The van der Waals surface area contributed by atoms with Gasteiger partial charge in [-0.05, 0) is 26.7 Å². The van der Waals surface area contributed by atoms with E-state index in [1.165, 1.54) is 32.1 Å². The van der Waals surface area contributed by atoms with Gasteiger partial charge >= 0.3 is 5.97 Å². The summed E-state index contributed by atoms with van der Waals surface area (Å²) in [6.45, 7) is 6.49. The Balaban J connectivity index is 3.54. The standard InChI is InChI=1S/C13H24O2/c1-4-6-7-8-9-10-12(3)11-13(14)15-5-2/h11H,4-10H2,1-3H3/b12-11+. The van der Waals surface area contributed by atoms with Gasteiger partial charge in [0, 0.05) is 6.08 Å². The third kappa shape index (κ3) is 9.51. The topological polar surface area (TPSA) is 26.3 Å². The molecule has 0 saturated carbocycles. The van der Waals surface area contributed by atoms with Crippen molar-refractivity contribution in [1.29, 1.82) is 0 Å². The van der Waals surface area contributed by atoms with Crippen molar-refractivity contribution in [3.63, 3.8) is 0 Å². The highest BCUT2D eigenvalue weighted by molar-refractivity contribution is 5.82. The fraction of sp³-hybridized carbons (Fsp3) is 0.769. The van der Waals surface area contributed by atoms with Gasteiger partial charge in [0.25, 0.3) is 0 Å². The van der Waals surface area contributed by atoms with Crippen molar-refractivity contribution >= 4 is 5.97 Å². The van der Waals surface area contributed by atoms with Crippen LogP contribution in [0.15, 0.2) is 11.6 Å². The number of unbranched alkanes of at least 4 members (excludes halogenated alkanes) is 4. The first kappa shape index (κ1) is 14.2. The monoisotopic (exact) mass is 212 g/mol. The fourth-order valence-corrected chi connectivity index (χ4v) is 1.46. The summed E-state index contributed by atoms with van der Waals surface area (Å²) >= 11 is 0. The van der Waals surface area contributed by atoms with E-state index in [9.17, 15) is 4.79 Å². The second-order valence-electron chi connectivity index (χ2n) is 3.91. The molecular formula is C13H24O2. The lowest BCUT2D eigenvalue weighted by Gasteiger charge is -2.01. The second-order valence-corrected chi connectivity index (χ2v) is 3.91. The predicted octanol–water partition coefficient (Wildman–Crippen LogP) is 3.86. The number of carbonyl (C=O) groups is 1. The number of hydrogen-bond donors (Lipinski definition) is 0. The summed E-state index contributed by atoms with van der Waals surface area (Å²) in [6, 6.07) is 0. The zero-order valence-electron chi connectivity index (χ0n) is 10.3. The van der Waals surface area contributed by atoms with Gasteiger partial charge in [0.15, 0.2) is 0 Å². The molecule has 2 heteroatoms. The lowest BCUT2D eigenvalue weighted by atomic mass is 10.1. The number of allylic oxidation sites excluding steroid dienone is 1. The Hall–Kier alpha value is -0.790. The van der Waals surface area contributed by atoms with Crippen LogP contribution in [0.3, 0.4) is 0 Å². The van der Waals surface area contributed by atoms with E-state index in [0.29, 0.717) is 6.61 Å². The van der Waals surface area contributed by atoms with E-state index < -0.39 is 0 Å². The summed E-state index contributed by atoms with van der Waals surface area (Å²) in [6.07, 6.45) is 8.98. The normalized spacial score (nSPS) is 11.5. The number of ether oxygens (including phenoxy) is 1. The Bertz CT molecular complexity index is 195. The van der Waals surface area contributed by atoms with Crippen LogP contribution in [0.1, 0.15) is 59.3 Å². The molecule has 0 rings (SSSR count). The third-order valence-electron chi connectivity index (χ3n) is 2.33. The lowest BCUT2D eigenvalue weighted by Crippen LogP contribution is -2.00. The first-order valence-electron chi connectivity index (χ1n) is 6.04. The van der Waals surface area contributed by atoms with Crippen LogP contribution in [-0.4, -0.2) is 12.6 Å². The van der Waals surface area contributed by atoms with Crippen LogP contribution in [-0.2, 0) is 9.53 Å². The van der Waals surface area contributed by atoms with Crippen LogP contribution >= 0.6 is 0 Å². The van der Waals surface area contributed by atoms with Crippen molar-refractivity contribution in [2.24, 2.45) is 0 Å². The molecule has 0 aliphatic rings. The minimum Gasteiger partial charge on any atom is -0.463 e. The average Bonchev–Trinajstić information content (AvgIpc) is 2.17. The molecule has 0 saturated heterocycles. The van der Waals surface area contributed by atoms with Crippen LogP contribution in [0.2, 0.25) is 0 Å². The van der Waals surface area contributed by atoms with Gasteiger partial charge in [-0.2, -0.15) is 0 Å². The van der Waals surface area contributed by atoms with Crippen LogP contribution in [0.25, 0.3) is 0 Å². The van der Waals surface area contributed by atoms with E-state index in [0.717, 1.165) is 12.0 Å². The molecule has 15 heavy (non-hydrogen) atoms. The van der Waals surface area contributed by atoms with Crippen molar-refractivity contribution in [2.75, 3.05) is 6.61 Å². The minimum atomic E-state index is -0.205. The highest BCUT2D eigenvalue weighted by atomic mass is 16.5. The van der Waals surface area contributed by atoms with Gasteiger partial charge in [0.05, 0.1) is 6.61 Å². The molecular weight excluding hydrogens is 188 g/mol. The van der Waals surface area contributed by atoms with Gasteiger partial charge in [-0.25, -0.2) is 4.79 Å². The first-order valence-corrected chi connectivity index (χ1v) is 6.04. The molecule has 0 aromatic rings. The molecule has 0 fully saturated rings. The van der Waals surface area contributed by atoms with Crippen molar-refractivity contribution in [3.8, 4) is 0 Å². The molecule has 0 atom stereocenters. The molecule has 0 heterocycles. The van der Waals surface area contributed by atoms with Crippen LogP contribution < -0.4 is 0 Å². The third-order valence-corrected chi connectivity index (χ3v) is 2.33. The minimum absolute atomic E-state index is 0.205. The van der Waals surface area contributed by atoms with E-state index in [2.05, 4.69) is 6.92 Å². The number of hydrogen-bond acceptors (Lipinski definition) is 2. The second kappa shape index (κ2) is 9.75. The molecule has 0 radical (unpaired) electrons. The van der Waals surface area contributed by atoms with Crippen molar-refractivity contribution < 1.29 is 9.53 Å². The molecule has 0 aliphatic heterocycles. The molecule has 0 N–H and O–H groups in total. The Kier molecular flexibility index (Phi) is 9.24. The van der Waals surface area contributed by atoms with Gasteiger partial charge in [-0.1, -0.05) is 38.2 Å². The Morgan fingerprint density at radius 2 is 1.80 bits per heavy atom. The summed E-state index contributed by atoms with van der Waals surface area (Å²) in [4.78, 5) is 11.1. The van der Waals surface area contributed by atoms with Gasteiger partial charge in [0.2, 0.25) is 0 Å². The molecule has 0 aliphatic carbocycles. The van der Waals surface area contributed by atoms with Gasteiger partial charge < -0.3 is 4.74 Å². The molecule has 2 nitrogen and oxygen atoms in total. The van der Waals surface area contributed by atoms with Crippen molar-refractivity contribution in [1.82, 2.24) is 0 Å². The summed E-state index contributed by atoms with van der Waals surface area (Å²) in [5.41, 5.74) is 1.13. The quantitative estimate of drug-likeness (QED) is 0.347. The summed E-state index contributed by atoms with van der Waals surface area (Å²) in [7, 11) is 0. The highest BCUT2D eigenvalue weighted by Gasteiger charge is 1.98. The summed E-state index contributed by atoms with van der Waals surface area (Å²) < 4.78 is 4.84. The Morgan fingerprint density at radius 3 is 2.40 bits per heavy atom. The predicted molar refractivity (Wildman–Crippen MR) is 63.8 cm³/mol. The van der Waals surface area contributed by atoms with E-state index in [1.54, 1.807) is 6.08 Å². The Labute approximate surface area is 93.7 Å². The van der Waals surface area contributed by atoms with E-state index in [4.69, 9.17) is 4.74 Å². The van der Waals surface area contributed by atoms with Gasteiger partial charge in [0.1, 0.15) is 0 Å². The summed E-state index contributed by atoms with van der Waals surface area (Å²) in [5, 5.41) is 0. The van der Waals surface area contributed by atoms with Crippen LogP contribution in [0.4, 0.5) is 0 Å². The molecule has 0 amide bonds. The molecule has 0 bridgehead atoms. The van der Waals surface area contributed by atoms with Gasteiger partial charge in [-0.15, -0.1) is 0 Å². The average molecular weight is 212 g/mol. The van der Waals surface area contributed by atoms with Crippen molar-refractivity contribution in [3.05, 3.63) is 11.6 Å². The number of rotatable bonds is 8. The van der Waals surface area contributed by atoms with Crippen LogP contribution in [0.5, 0.6) is 0 Å². The highest BCUT2D eigenvalue weighted by Crippen LogP contribution is 2.10. The maximum atomic E-state index is 11.1. The fourth-order valence-electron chi connectivity index (χ4n) is 1.46. The smallest absolute Gasteiger partial charge is 0.330 e. The number of carbonyl (C=O) groups excluding carboxylic acids is 1. The maximum Gasteiger partial charge on any atom is 0.330 e. The molecule has 0 aromatic carbocycles. The summed E-state index contributed by atoms with van der Waals surface area (Å²) in [5.74, 6) is -0.205. The zero-order valence-corrected chi connectivity index (χ0v) is 10.3. The van der Waals surface area contributed by atoms with E-state index >= 15 is 0 Å². The van der Waals surface area contributed by atoms with Crippen LogP contribution in [0, 0.1) is 0 Å². The molecule has 0 unspecified atom stereocenters. The maximum absolute atomic E-state index is 11.1. The van der Waals surface area contributed by atoms with E-state index in [1.807, 2.05) is 13.8 Å². The van der Waals surface area contributed by atoms with Gasteiger partial charge in [-0.3, -0.25) is 0 Å². The van der Waals surface area contributed by atoms with Crippen molar-refractivity contribution in [2.45, 2.75) is 59.3 Å². The van der Waals surface area contributed by atoms with E-state index in [-0.39, 0.29) is 5.97 Å². The Morgan fingerprint density at radius 1 is 1.13 bits per heavy atom. The molecule has 0 spiro atoms. The molecule has 88 valence electrons. The first-order chi connectivity index (χ1) is 7.20. The largest absolute Gasteiger partial charge is 0.463 e. The zero-order chi connectivity index (χ0) is 11.5. The SMILES string of the molecule is CCCCCCC/C(C)=C/C(=O)OCC. The molecule has 0 aromatic heterocycles. The number of esters is 1. The lowest BCUT2D eigenvalue weighted by molar-refractivity contribution is -0.137.